The summed E-state index contributed by atoms with van der Waals surface area (Å²) in [6.45, 7) is 4.36. The number of pyridine rings is 1. The zero-order valence-electron chi connectivity index (χ0n) is 12.5. The molecule has 0 spiro atoms. The quantitative estimate of drug-likeness (QED) is 0.918. The number of nitriles is 1. The van der Waals surface area contributed by atoms with Gasteiger partial charge in [-0.2, -0.15) is 10.2 Å². The van der Waals surface area contributed by atoms with Gasteiger partial charge in [-0.25, -0.2) is 4.98 Å². The maximum atomic E-state index is 9.13. The number of piperidine rings is 1. The zero-order valence-corrected chi connectivity index (χ0v) is 12.5. The molecule has 3 rings (SSSR count). The summed E-state index contributed by atoms with van der Waals surface area (Å²) in [5, 5.41) is 16.5. The van der Waals surface area contributed by atoms with E-state index in [1.165, 1.54) is 0 Å². The maximum absolute atomic E-state index is 9.13. The molecule has 0 bridgehead atoms. The van der Waals surface area contributed by atoms with E-state index in [9.17, 15) is 0 Å². The van der Waals surface area contributed by atoms with E-state index >= 15 is 0 Å². The predicted octanol–water partition coefficient (Wildman–Crippen LogP) is 1.72. The molecule has 0 aliphatic carbocycles. The lowest BCUT2D eigenvalue weighted by Gasteiger charge is -2.32. The van der Waals surface area contributed by atoms with Crippen molar-refractivity contribution in [1.29, 1.82) is 5.26 Å². The van der Waals surface area contributed by atoms with Gasteiger partial charge < -0.3 is 9.84 Å². The highest BCUT2D eigenvalue weighted by Crippen LogP contribution is 2.18. The molecule has 114 valence electrons. The van der Waals surface area contributed by atoms with Crippen molar-refractivity contribution in [2.75, 3.05) is 18.4 Å². The van der Waals surface area contributed by atoms with Crippen LogP contribution in [-0.4, -0.2) is 39.2 Å². The summed E-state index contributed by atoms with van der Waals surface area (Å²) in [5.74, 6) is 1.97. The second-order valence-corrected chi connectivity index (χ2v) is 5.46. The Labute approximate surface area is 129 Å². The van der Waals surface area contributed by atoms with E-state index in [0.29, 0.717) is 29.6 Å². The fraction of sp³-hybridized carbons (Fsp3) is 0.467. The minimum atomic E-state index is 0.267. The molecule has 1 aliphatic rings. The molecule has 1 N–H and O–H groups in total. The number of likely N-dealkylation sites (tertiary alicyclic amines) is 1. The first-order chi connectivity index (χ1) is 10.7. The van der Waals surface area contributed by atoms with Crippen LogP contribution in [0.1, 0.15) is 30.1 Å². The summed E-state index contributed by atoms with van der Waals surface area (Å²) in [6.07, 6.45) is 3.85. The van der Waals surface area contributed by atoms with Gasteiger partial charge in [0, 0.05) is 25.7 Å². The van der Waals surface area contributed by atoms with Crippen LogP contribution in [-0.2, 0) is 6.54 Å². The van der Waals surface area contributed by atoms with Crippen molar-refractivity contribution in [2.24, 2.45) is 0 Å². The molecule has 1 aliphatic heterocycles. The van der Waals surface area contributed by atoms with Crippen molar-refractivity contribution in [1.82, 2.24) is 20.0 Å². The first kappa shape index (κ1) is 14.5. The topological polar surface area (TPSA) is 90.9 Å². The smallest absolute Gasteiger partial charge is 0.223 e. The van der Waals surface area contributed by atoms with Crippen LogP contribution in [0.15, 0.2) is 22.9 Å². The molecule has 1 saturated heterocycles. The Morgan fingerprint density at radius 3 is 3.23 bits per heavy atom. The highest BCUT2D eigenvalue weighted by molar-refractivity contribution is 5.51. The highest BCUT2D eigenvalue weighted by Gasteiger charge is 2.22. The number of nitrogens with one attached hydrogen (secondary N) is 1. The van der Waals surface area contributed by atoms with Gasteiger partial charge in [0.05, 0.1) is 12.1 Å². The monoisotopic (exact) mass is 298 g/mol. The van der Waals surface area contributed by atoms with Crippen LogP contribution in [0.4, 0.5) is 5.82 Å². The molecule has 0 unspecified atom stereocenters. The van der Waals surface area contributed by atoms with Crippen LogP contribution in [0.3, 0.4) is 0 Å². The van der Waals surface area contributed by atoms with E-state index in [1.54, 1.807) is 25.3 Å². The van der Waals surface area contributed by atoms with E-state index < -0.39 is 0 Å². The SMILES string of the molecule is Cc1nc(CN2CCC[C@H](Nc3ncccc3C#N)C2)no1. The van der Waals surface area contributed by atoms with Crippen molar-refractivity contribution in [3.63, 3.8) is 0 Å². The summed E-state index contributed by atoms with van der Waals surface area (Å²) in [6, 6.07) is 5.98. The Hall–Kier alpha value is -2.46. The summed E-state index contributed by atoms with van der Waals surface area (Å²) in [7, 11) is 0. The van der Waals surface area contributed by atoms with Gasteiger partial charge in [0.1, 0.15) is 11.9 Å². The first-order valence-electron chi connectivity index (χ1n) is 7.38. The van der Waals surface area contributed by atoms with Crippen LogP contribution >= 0.6 is 0 Å². The summed E-state index contributed by atoms with van der Waals surface area (Å²) < 4.78 is 5.01. The normalized spacial score (nSPS) is 18.8. The molecule has 1 fully saturated rings. The third-order valence-electron chi connectivity index (χ3n) is 3.71. The first-order valence-corrected chi connectivity index (χ1v) is 7.38. The maximum Gasteiger partial charge on any atom is 0.223 e. The van der Waals surface area contributed by atoms with Crippen molar-refractivity contribution in [3.8, 4) is 6.07 Å². The third-order valence-corrected chi connectivity index (χ3v) is 3.71. The average Bonchev–Trinajstić information content (AvgIpc) is 2.93. The number of hydrogen-bond donors (Lipinski definition) is 1. The van der Waals surface area contributed by atoms with E-state index in [2.05, 4.69) is 31.4 Å². The molecular formula is C15H18N6O. The number of rotatable bonds is 4. The third kappa shape index (κ3) is 3.40. The van der Waals surface area contributed by atoms with Gasteiger partial charge in [0.25, 0.3) is 0 Å². The van der Waals surface area contributed by atoms with Gasteiger partial charge in [0.2, 0.25) is 5.89 Å². The van der Waals surface area contributed by atoms with Gasteiger partial charge in [-0.3, -0.25) is 4.90 Å². The van der Waals surface area contributed by atoms with Crippen LogP contribution in [0.25, 0.3) is 0 Å². The van der Waals surface area contributed by atoms with E-state index in [0.717, 1.165) is 25.9 Å². The minimum Gasteiger partial charge on any atom is -0.365 e. The lowest BCUT2D eigenvalue weighted by molar-refractivity contribution is 0.201. The zero-order chi connectivity index (χ0) is 15.4. The molecule has 22 heavy (non-hydrogen) atoms. The molecule has 7 heteroatoms. The van der Waals surface area contributed by atoms with Crippen molar-refractivity contribution < 1.29 is 4.52 Å². The Bertz CT molecular complexity index is 677. The second kappa shape index (κ2) is 6.54. The van der Waals surface area contributed by atoms with Crippen molar-refractivity contribution in [2.45, 2.75) is 32.4 Å². The standard InChI is InChI=1S/C15H18N6O/c1-11-18-14(20-22-11)10-21-7-3-5-13(9-21)19-15-12(8-16)4-2-6-17-15/h2,4,6,13H,3,5,7,9-10H2,1H3,(H,17,19)/t13-/m0/s1. The molecule has 0 amide bonds. The summed E-state index contributed by atoms with van der Waals surface area (Å²) in [5.41, 5.74) is 0.577. The Morgan fingerprint density at radius 2 is 2.45 bits per heavy atom. The molecule has 7 nitrogen and oxygen atoms in total. The number of aromatic nitrogens is 3. The molecule has 3 heterocycles. The van der Waals surface area contributed by atoms with Crippen molar-refractivity contribution in [3.05, 3.63) is 35.6 Å². The van der Waals surface area contributed by atoms with Crippen LogP contribution in [0.2, 0.25) is 0 Å². The van der Waals surface area contributed by atoms with Gasteiger partial charge in [-0.1, -0.05) is 5.16 Å². The van der Waals surface area contributed by atoms with Gasteiger partial charge in [-0.05, 0) is 31.5 Å². The number of hydrogen-bond acceptors (Lipinski definition) is 7. The molecule has 1 atom stereocenters. The van der Waals surface area contributed by atoms with Crippen LogP contribution < -0.4 is 5.32 Å². The molecule has 0 aromatic carbocycles. The van der Waals surface area contributed by atoms with Crippen molar-refractivity contribution >= 4 is 5.82 Å². The summed E-state index contributed by atoms with van der Waals surface area (Å²) >= 11 is 0. The molecule has 0 saturated carbocycles. The average molecular weight is 298 g/mol. The summed E-state index contributed by atoms with van der Waals surface area (Å²) in [4.78, 5) is 10.8. The molecule has 2 aromatic heterocycles. The Morgan fingerprint density at radius 1 is 1.55 bits per heavy atom. The van der Waals surface area contributed by atoms with Crippen LogP contribution in [0.5, 0.6) is 0 Å². The molecule has 0 radical (unpaired) electrons. The van der Waals surface area contributed by atoms with Crippen LogP contribution in [0, 0.1) is 18.3 Å². The van der Waals surface area contributed by atoms with E-state index in [-0.39, 0.29) is 6.04 Å². The lowest BCUT2D eigenvalue weighted by atomic mass is 10.1. The number of nitrogens with zero attached hydrogens (tertiary/aromatic N) is 5. The molecular weight excluding hydrogens is 280 g/mol. The Balaban J connectivity index is 1.62. The fourth-order valence-corrected chi connectivity index (χ4v) is 2.73. The lowest BCUT2D eigenvalue weighted by Crippen LogP contribution is -2.42. The van der Waals surface area contributed by atoms with E-state index in [1.807, 2.05) is 0 Å². The number of aryl methyl sites for hydroxylation is 1. The minimum absolute atomic E-state index is 0.267. The molecule has 2 aromatic rings. The van der Waals surface area contributed by atoms with E-state index in [4.69, 9.17) is 9.78 Å². The van der Waals surface area contributed by atoms with Gasteiger partial charge >= 0.3 is 0 Å². The van der Waals surface area contributed by atoms with Gasteiger partial charge in [0.15, 0.2) is 5.82 Å². The largest absolute Gasteiger partial charge is 0.365 e. The van der Waals surface area contributed by atoms with Gasteiger partial charge in [-0.15, -0.1) is 0 Å². The second-order valence-electron chi connectivity index (χ2n) is 5.46. The highest BCUT2D eigenvalue weighted by atomic mass is 16.5. The number of anilines is 1. The fourth-order valence-electron chi connectivity index (χ4n) is 2.73. The predicted molar refractivity (Wildman–Crippen MR) is 79.9 cm³/mol. The Kier molecular flexibility index (Phi) is 4.30.